The van der Waals surface area contributed by atoms with Gasteiger partial charge in [-0.05, 0) is 25.8 Å². The van der Waals surface area contributed by atoms with Crippen LogP contribution in [0.1, 0.15) is 24.8 Å². The lowest BCUT2D eigenvalue weighted by Crippen LogP contribution is -2.46. The van der Waals surface area contributed by atoms with E-state index < -0.39 is 0 Å². The first kappa shape index (κ1) is 12.4. The molecule has 0 aliphatic carbocycles. The first-order valence-electron chi connectivity index (χ1n) is 5.93. The lowest BCUT2D eigenvalue weighted by Gasteiger charge is -2.25. The van der Waals surface area contributed by atoms with Gasteiger partial charge in [-0.3, -0.25) is 4.79 Å². The molecular weight excluding hydrogens is 236 g/mol. The number of rotatable bonds is 3. The highest BCUT2D eigenvalue weighted by Gasteiger charge is 2.30. The van der Waals surface area contributed by atoms with E-state index in [0.29, 0.717) is 12.5 Å². The van der Waals surface area contributed by atoms with Gasteiger partial charge in [0.25, 0.3) is 0 Å². The van der Waals surface area contributed by atoms with Crippen LogP contribution in [0.4, 0.5) is 0 Å². The minimum atomic E-state index is -0.0644. The average molecular weight is 254 g/mol. The number of likely N-dealkylation sites (N-methyl/N-ethyl adjacent to an activating group) is 1. The van der Waals surface area contributed by atoms with Gasteiger partial charge in [0.15, 0.2) is 0 Å². The Labute approximate surface area is 105 Å². The highest BCUT2D eigenvalue weighted by Crippen LogP contribution is 2.20. The maximum absolute atomic E-state index is 12.3. The molecule has 0 saturated carbocycles. The maximum atomic E-state index is 12.3. The zero-order chi connectivity index (χ0) is 12.3. The monoisotopic (exact) mass is 254 g/mol. The van der Waals surface area contributed by atoms with E-state index in [1.807, 2.05) is 11.9 Å². The van der Waals surface area contributed by atoms with Crippen molar-refractivity contribution in [1.29, 1.82) is 0 Å². The molecule has 1 aliphatic rings. The van der Waals surface area contributed by atoms with Gasteiger partial charge in [-0.1, -0.05) is 6.92 Å². The molecule has 0 bridgehead atoms. The molecule has 2 atom stereocenters. The summed E-state index contributed by atoms with van der Waals surface area (Å²) in [4.78, 5) is 14.2. The normalized spacial score (nSPS) is 26.0. The Morgan fingerprint density at radius 3 is 3.12 bits per heavy atom. The van der Waals surface area contributed by atoms with Crippen molar-refractivity contribution < 1.29 is 4.79 Å². The van der Waals surface area contributed by atoms with E-state index >= 15 is 0 Å². The first-order valence-corrected chi connectivity index (χ1v) is 6.81. The summed E-state index contributed by atoms with van der Waals surface area (Å²) in [7, 11) is 1.85. The maximum Gasteiger partial charge on any atom is 0.240 e. The van der Waals surface area contributed by atoms with Crippen molar-refractivity contribution in [2.45, 2.75) is 32.4 Å². The van der Waals surface area contributed by atoms with E-state index in [-0.39, 0.29) is 11.9 Å². The molecule has 1 saturated heterocycles. The van der Waals surface area contributed by atoms with Crippen molar-refractivity contribution in [1.82, 2.24) is 20.4 Å². The van der Waals surface area contributed by atoms with Gasteiger partial charge in [-0.25, -0.2) is 0 Å². The van der Waals surface area contributed by atoms with Gasteiger partial charge >= 0.3 is 0 Å². The van der Waals surface area contributed by atoms with Crippen molar-refractivity contribution in [3.05, 3.63) is 10.5 Å². The summed E-state index contributed by atoms with van der Waals surface area (Å²) in [5.74, 6) is 0.583. The van der Waals surface area contributed by atoms with Crippen molar-refractivity contribution in [2.24, 2.45) is 5.92 Å². The second-order valence-corrected chi connectivity index (χ2v) is 5.40. The van der Waals surface area contributed by atoms with Crippen LogP contribution in [0, 0.1) is 5.92 Å². The zero-order valence-corrected chi connectivity index (χ0v) is 11.0. The second-order valence-electron chi connectivity index (χ2n) is 4.48. The largest absolute Gasteiger partial charge is 0.335 e. The Kier molecular flexibility index (Phi) is 4.06. The topological polar surface area (TPSA) is 58.1 Å². The highest BCUT2D eigenvalue weighted by molar-refractivity contribution is 7.09. The summed E-state index contributed by atoms with van der Waals surface area (Å²) in [6.07, 6.45) is 2.15. The molecule has 5 nitrogen and oxygen atoms in total. The second kappa shape index (κ2) is 5.55. The molecule has 1 aromatic heterocycles. The molecule has 17 heavy (non-hydrogen) atoms. The number of nitrogens with zero attached hydrogens (tertiary/aromatic N) is 3. The molecule has 1 aliphatic heterocycles. The molecule has 0 radical (unpaired) electrons. The molecule has 0 aromatic carbocycles. The third-order valence-electron chi connectivity index (χ3n) is 3.28. The number of hydrogen-bond acceptors (Lipinski definition) is 5. The van der Waals surface area contributed by atoms with Crippen molar-refractivity contribution in [2.75, 3.05) is 13.6 Å². The molecule has 2 unspecified atom stereocenters. The fourth-order valence-corrected chi connectivity index (χ4v) is 2.85. The number of likely N-dealkylation sites (tertiary alicyclic amines) is 1. The fraction of sp³-hybridized carbons (Fsp3) is 0.727. The van der Waals surface area contributed by atoms with Crippen molar-refractivity contribution in [3.63, 3.8) is 0 Å². The van der Waals surface area contributed by atoms with E-state index in [0.717, 1.165) is 24.4 Å². The summed E-state index contributed by atoms with van der Waals surface area (Å²) in [6, 6.07) is -0.0644. The van der Waals surface area contributed by atoms with Crippen LogP contribution < -0.4 is 5.32 Å². The van der Waals surface area contributed by atoms with Gasteiger partial charge in [0.2, 0.25) is 5.91 Å². The number of carbonyl (C=O) groups excluding carboxylic acids is 1. The molecule has 6 heteroatoms. The number of amides is 1. The van der Waals surface area contributed by atoms with Gasteiger partial charge in [-0.15, -0.1) is 21.5 Å². The highest BCUT2D eigenvalue weighted by atomic mass is 32.1. The smallest absolute Gasteiger partial charge is 0.240 e. The lowest BCUT2D eigenvalue weighted by atomic mass is 9.98. The molecule has 1 N–H and O–H groups in total. The standard InChI is InChI=1S/C11H18N4OS/c1-8-4-3-5-15(11(16)10(8)12-2)6-9-14-13-7-17-9/h7-8,10,12H,3-6H2,1-2H3. The molecule has 2 heterocycles. The number of carbonyl (C=O) groups is 1. The molecule has 1 amide bonds. The van der Waals surface area contributed by atoms with Crippen LogP contribution in [0.3, 0.4) is 0 Å². The van der Waals surface area contributed by atoms with Gasteiger partial charge in [-0.2, -0.15) is 0 Å². The fourth-order valence-electron chi connectivity index (χ4n) is 2.31. The minimum Gasteiger partial charge on any atom is -0.335 e. The number of hydrogen-bond donors (Lipinski definition) is 1. The number of nitrogens with one attached hydrogen (secondary N) is 1. The van der Waals surface area contributed by atoms with E-state index in [4.69, 9.17) is 0 Å². The average Bonchev–Trinajstić information content (AvgIpc) is 2.76. The van der Waals surface area contributed by atoms with Crippen LogP contribution in [-0.2, 0) is 11.3 Å². The van der Waals surface area contributed by atoms with E-state index in [1.165, 1.54) is 11.3 Å². The predicted molar refractivity (Wildman–Crippen MR) is 66.6 cm³/mol. The number of aromatic nitrogens is 2. The third-order valence-corrected chi connectivity index (χ3v) is 3.96. The van der Waals surface area contributed by atoms with Crippen LogP contribution in [0.2, 0.25) is 0 Å². The Morgan fingerprint density at radius 2 is 2.47 bits per heavy atom. The van der Waals surface area contributed by atoms with E-state index in [9.17, 15) is 4.79 Å². The van der Waals surface area contributed by atoms with Crippen molar-refractivity contribution >= 4 is 17.2 Å². The van der Waals surface area contributed by atoms with E-state index in [2.05, 4.69) is 22.4 Å². The quantitative estimate of drug-likeness (QED) is 0.870. The Hall–Kier alpha value is -1.01. The van der Waals surface area contributed by atoms with E-state index in [1.54, 1.807) is 5.51 Å². The Morgan fingerprint density at radius 1 is 1.65 bits per heavy atom. The van der Waals surface area contributed by atoms with Crippen LogP contribution in [-0.4, -0.2) is 40.6 Å². The summed E-state index contributed by atoms with van der Waals surface area (Å²) in [5, 5.41) is 11.8. The Bertz CT molecular complexity index is 368. The lowest BCUT2D eigenvalue weighted by molar-refractivity contribution is -0.134. The van der Waals surface area contributed by atoms with Crippen LogP contribution in [0.5, 0.6) is 0 Å². The van der Waals surface area contributed by atoms with Gasteiger partial charge in [0, 0.05) is 6.54 Å². The van der Waals surface area contributed by atoms with Crippen LogP contribution in [0.15, 0.2) is 5.51 Å². The first-order chi connectivity index (χ1) is 8.22. The van der Waals surface area contributed by atoms with Crippen LogP contribution >= 0.6 is 11.3 Å². The summed E-state index contributed by atoms with van der Waals surface area (Å²) >= 11 is 1.50. The minimum absolute atomic E-state index is 0.0644. The predicted octanol–water partition coefficient (Wildman–Crippen LogP) is 0.885. The van der Waals surface area contributed by atoms with Gasteiger partial charge in [0.1, 0.15) is 10.5 Å². The molecule has 1 fully saturated rings. The zero-order valence-electron chi connectivity index (χ0n) is 10.2. The summed E-state index contributed by atoms with van der Waals surface area (Å²) in [5.41, 5.74) is 1.70. The summed E-state index contributed by atoms with van der Waals surface area (Å²) in [6.45, 7) is 3.54. The molecule has 94 valence electrons. The van der Waals surface area contributed by atoms with Crippen molar-refractivity contribution in [3.8, 4) is 0 Å². The SMILES string of the molecule is CNC1C(=O)N(Cc2nncs2)CCCC1C. The molecule has 1 aromatic rings. The molecule has 0 spiro atoms. The Balaban J connectivity index is 2.08. The van der Waals surface area contributed by atoms with Gasteiger partial charge < -0.3 is 10.2 Å². The van der Waals surface area contributed by atoms with Crippen LogP contribution in [0.25, 0.3) is 0 Å². The molecular formula is C11H18N4OS. The summed E-state index contributed by atoms with van der Waals surface area (Å²) < 4.78 is 0. The molecule has 2 rings (SSSR count). The third kappa shape index (κ3) is 2.81. The van der Waals surface area contributed by atoms with Gasteiger partial charge in [0.05, 0.1) is 12.6 Å².